The van der Waals surface area contributed by atoms with Crippen LogP contribution in [0.15, 0.2) is 23.2 Å². The lowest BCUT2D eigenvalue weighted by Crippen LogP contribution is -2.22. The largest absolute Gasteiger partial charge is 0.481 e. The number of nitrogens with zero attached hydrogens (tertiary/aromatic N) is 1. The van der Waals surface area contributed by atoms with E-state index in [1.54, 1.807) is 11.8 Å². The Labute approximate surface area is 162 Å². The number of nitrogens with one attached hydrogen (secondary N) is 2. The molecule has 1 saturated heterocycles. The van der Waals surface area contributed by atoms with E-state index in [0.717, 1.165) is 65.7 Å². The van der Waals surface area contributed by atoms with Crippen LogP contribution in [0, 0.1) is 12.8 Å². The summed E-state index contributed by atoms with van der Waals surface area (Å²) >= 11 is 1.63. The number of hydrogen-bond donors (Lipinski definition) is 3. The first-order valence-electron chi connectivity index (χ1n) is 9.46. The van der Waals surface area contributed by atoms with E-state index in [1.807, 2.05) is 0 Å². The topological polar surface area (TPSA) is 86.7 Å². The van der Waals surface area contributed by atoms with Gasteiger partial charge in [0.15, 0.2) is 0 Å². The number of ether oxygens (including phenoxy) is 1. The van der Waals surface area contributed by atoms with Crippen molar-refractivity contribution in [3.63, 3.8) is 0 Å². The zero-order chi connectivity index (χ0) is 18.8. The number of benzene rings is 1. The van der Waals surface area contributed by atoms with Crippen LogP contribution in [0.4, 0.5) is 5.69 Å². The molecule has 2 aliphatic rings. The van der Waals surface area contributed by atoms with Gasteiger partial charge >= 0.3 is 5.97 Å². The molecule has 2 aromatic rings. The lowest BCUT2D eigenvalue weighted by Gasteiger charge is -2.23. The summed E-state index contributed by atoms with van der Waals surface area (Å²) < 4.78 is 5.45. The number of carboxylic acids is 1. The average Bonchev–Trinajstić information content (AvgIpc) is 3.26. The van der Waals surface area contributed by atoms with E-state index in [4.69, 9.17) is 9.84 Å². The van der Waals surface area contributed by atoms with Crippen molar-refractivity contribution < 1.29 is 14.6 Å². The van der Waals surface area contributed by atoms with Crippen LogP contribution in [0.25, 0.3) is 10.9 Å². The Morgan fingerprint density at radius 3 is 2.96 bits per heavy atom. The number of carboxylic acid groups (broad SMARTS) is 1. The Hall–Kier alpha value is -1.99. The number of H-pyrrole nitrogens is 1. The minimum Gasteiger partial charge on any atom is -0.481 e. The van der Waals surface area contributed by atoms with Crippen molar-refractivity contribution in [1.29, 1.82) is 0 Å². The van der Waals surface area contributed by atoms with Crippen LogP contribution in [-0.2, 0) is 9.53 Å². The molecule has 0 aliphatic carbocycles. The first kappa shape index (κ1) is 18.4. The van der Waals surface area contributed by atoms with Gasteiger partial charge in [-0.3, -0.25) is 9.79 Å². The van der Waals surface area contributed by atoms with Crippen molar-refractivity contribution in [2.24, 2.45) is 10.9 Å². The van der Waals surface area contributed by atoms with Crippen molar-refractivity contribution in [3.05, 3.63) is 29.5 Å². The molecule has 3 N–H and O–H groups in total. The number of aliphatic imine (C=N–C) groups is 1. The summed E-state index contributed by atoms with van der Waals surface area (Å²) in [6.45, 7) is 4.77. The number of rotatable bonds is 6. The number of aryl methyl sites for hydroxylation is 1. The van der Waals surface area contributed by atoms with E-state index in [0.29, 0.717) is 5.92 Å². The highest BCUT2D eigenvalue weighted by molar-refractivity contribution is 8.14. The summed E-state index contributed by atoms with van der Waals surface area (Å²) in [5.41, 5.74) is 4.40. The second-order valence-corrected chi connectivity index (χ2v) is 8.40. The summed E-state index contributed by atoms with van der Waals surface area (Å²) in [6.07, 6.45) is 2.31. The van der Waals surface area contributed by atoms with E-state index in [1.165, 1.54) is 5.56 Å². The Morgan fingerprint density at radius 2 is 2.19 bits per heavy atom. The number of thioether (sulfide) groups is 1. The number of anilines is 1. The van der Waals surface area contributed by atoms with E-state index in [9.17, 15) is 4.79 Å². The van der Waals surface area contributed by atoms with Gasteiger partial charge in [0.25, 0.3) is 0 Å². The molecule has 0 unspecified atom stereocenters. The molecule has 27 heavy (non-hydrogen) atoms. The van der Waals surface area contributed by atoms with Gasteiger partial charge in [0.1, 0.15) is 5.04 Å². The average molecular weight is 388 g/mol. The second-order valence-electron chi connectivity index (χ2n) is 7.39. The van der Waals surface area contributed by atoms with Gasteiger partial charge in [-0.05, 0) is 49.4 Å². The highest BCUT2D eigenvalue weighted by Gasteiger charge is 2.23. The molecule has 7 heteroatoms. The summed E-state index contributed by atoms with van der Waals surface area (Å²) in [5.74, 6) is 0.581. The molecule has 0 spiro atoms. The molecule has 0 bridgehead atoms. The van der Waals surface area contributed by atoms with Crippen LogP contribution in [-0.4, -0.2) is 52.7 Å². The Balaban J connectivity index is 1.55. The molecular formula is C20H25N3O3S. The van der Waals surface area contributed by atoms with Crippen LogP contribution < -0.4 is 5.32 Å². The lowest BCUT2D eigenvalue weighted by molar-refractivity contribution is -0.137. The molecule has 1 aromatic carbocycles. The third kappa shape index (κ3) is 4.30. The van der Waals surface area contributed by atoms with Crippen molar-refractivity contribution in [3.8, 4) is 0 Å². The number of hydrogen-bond acceptors (Lipinski definition) is 5. The molecule has 1 fully saturated rings. The van der Waals surface area contributed by atoms with Gasteiger partial charge < -0.3 is 20.1 Å². The maximum absolute atomic E-state index is 10.9. The minimum atomic E-state index is -0.794. The molecule has 6 nitrogen and oxygen atoms in total. The third-order valence-electron chi connectivity index (χ3n) is 5.15. The van der Waals surface area contributed by atoms with Crippen LogP contribution in [0.2, 0.25) is 0 Å². The van der Waals surface area contributed by atoms with E-state index < -0.39 is 5.97 Å². The zero-order valence-electron chi connectivity index (χ0n) is 15.5. The molecule has 0 radical (unpaired) electrons. The highest BCUT2D eigenvalue weighted by Crippen LogP contribution is 2.31. The van der Waals surface area contributed by atoms with E-state index in [-0.39, 0.29) is 12.5 Å². The molecular weight excluding hydrogens is 362 g/mol. The van der Waals surface area contributed by atoms with Gasteiger partial charge in [-0.2, -0.15) is 0 Å². The third-order valence-corrected chi connectivity index (χ3v) is 6.30. The second kappa shape index (κ2) is 7.94. The van der Waals surface area contributed by atoms with Crippen molar-refractivity contribution >= 4 is 39.4 Å². The minimum absolute atomic E-state index is 0.0910. The summed E-state index contributed by atoms with van der Waals surface area (Å²) in [5, 5.41) is 14.7. The molecule has 144 valence electrons. The molecule has 2 aliphatic heterocycles. The molecule has 0 amide bonds. The van der Waals surface area contributed by atoms with Crippen LogP contribution in [0.5, 0.6) is 0 Å². The number of aliphatic carboxylic acids is 1. The van der Waals surface area contributed by atoms with Gasteiger partial charge in [-0.25, -0.2) is 0 Å². The van der Waals surface area contributed by atoms with Crippen LogP contribution in [0.1, 0.15) is 30.5 Å². The zero-order valence-corrected chi connectivity index (χ0v) is 16.3. The molecule has 3 heterocycles. The Morgan fingerprint density at radius 1 is 1.37 bits per heavy atom. The normalized spacial score (nSPS) is 20.8. The number of aromatic nitrogens is 1. The van der Waals surface area contributed by atoms with Gasteiger partial charge in [0, 0.05) is 30.9 Å². The standard InChI is InChI=1S/C20H25N3O3S/c1-12-6-14-8-17(20-22-15(11-27-20)9-18(24)25)23-19(14)16(7-12)21-10-13-2-4-26-5-3-13/h6-8,13,15,21,23H,2-5,9-11H2,1H3,(H,24,25)/t15-/m1/s1. The maximum Gasteiger partial charge on any atom is 0.305 e. The maximum atomic E-state index is 10.9. The Kier molecular flexibility index (Phi) is 5.41. The van der Waals surface area contributed by atoms with Crippen LogP contribution >= 0.6 is 11.8 Å². The molecule has 1 atom stereocenters. The summed E-state index contributed by atoms with van der Waals surface area (Å²) in [7, 11) is 0. The van der Waals surface area contributed by atoms with Crippen molar-refractivity contribution in [2.75, 3.05) is 30.8 Å². The van der Waals surface area contributed by atoms with Gasteiger partial charge in [-0.15, -0.1) is 11.8 Å². The molecule has 1 aromatic heterocycles. The number of fused-ring (bicyclic) bond motifs is 1. The lowest BCUT2D eigenvalue weighted by atomic mass is 10.0. The first-order valence-corrected chi connectivity index (χ1v) is 10.4. The smallest absolute Gasteiger partial charge is 0.305 e. The summed E-state index contributed by atoms with van der Waals surface area (Å²) in [6, 6.07) is 6.33. The molecule has 0 saturated carbocycles. The van der Waals surface area contributed by atoms with Crippen LogP contribution in [0.3, 0.4) is 0 Å². The van der Waals surface area contributed by atoms with E-state index >= 15 is 0 Å². The fraction of sp³-hybridized carbons (Fsp3) is 0.500. The number of carbonyl (C=O) groups is 1. The van der Waals surface area contributed by atoms with Gasteiger partial charge in [0.05, 0.1) is 29.4 Å². The monoisotopic (exact) mass is 387 g/mol. The fourth-order valence-electron chi connectivity index (χ4n) is 3.72. The predicted octanol–water partition coefficient (Wildman–Crippen LogP) is 3.65. The predicted molar refractivity (Wildman–Crippen MR) is 110 cm³/mol. The first-order chi connectivity index (χ1) is 13.1. The van der Waals surface area contributed by atoms with Crippen molar-refractivity contribution in [2.45, 2.75) is 32.2 Å². The summed E-state index contributed by atoms with van der Waals surface area (Å²) in [4.78, 5) is 19.0. The quantitative estimate of drug-likeness (QED) is 0.704. The number of aromatic amines is 1. The fourth-order valence-corrected chi connectivity index (χ4v) is 4.75. The van der Waals surface area contributed by atoms with Gasteiger partial charge in [-0.1, -0.05) is 0 Å². The van der Waals surface area contributed by atoms with E-state index in [2.05, 4.69) is 40.4 Å². The van der Waals surface area contributed by atoms with Gasteiger partial charge in [0.2, 0.25) is 0 Å². The SMILES string of the molecule is Cc1cc(NCC2CCOCC2)c2[nH]c(C3=N[C@H](CC(=O)O)CS3)cc2c1. The molecule has 4 rings (SSSR count). The van der Waals surface area contributed by atoms with Crippen molar-refractivity contribution in [1.82, 2.24) is 4.98 Å². The highest BCUT2D eigenvalue weighted by atomic mass is 32.2. The Bertz CT molecular complexity index is 871.